The minimum Gasteiger partial charge on any atom is -0.426 e. The Labute approximate surface area is 148 Å². The molecule has 0 spiro atoms. The fraction of sp³-hybridized carbons (Fsp3) is 0.158. The Balaban J connectivity index is 1.68. The third-order valence-electron chi connectivity index (χ3n) is 4.36. The molecule has 0 aliphatic carbocycles. The van der Waals surface area contributed by atoms with E-state index in [9.17, 15) is 14.0 Å². The number of fused-ring (bicyclic) bond motifs is 3. The number of esters is 1. The topological polar surface area (TPSA) is 60.8 Å². The number of rotatable bonds is 4. The quantitative estimate of drug-likeness (QED) is 0.530. The molecule has 1 aliphatic heterocycles. The lowest BCUT2D eigenvalue weighted by Crippen LogP contribution is -2.30. The molecule has 7 heteroatoms. The monoisotopic (exact) mass is 354 g/mol. The van der Waals surface area contributed by atoms with Crippen LogP contribution in [0.3, 0.4) is 0 Å². The number of carbonyl (C=O) groups excluding carboxylic acids is 2. The number of hydroxylamine groups is 2. The van der Waals surface area contributed by atoms with Gasteiger partial charge in [0.15, 0.2) is 0 Å². The van der Waals surface area contributed by atoms with Crippen LogP contribution in [0.2, 0.25) is 0 Å². The third kappa shape index (κ3) is 2.53. The molecule has 4 rings (SSSR count). The van der Waals surface area contributed by atoms with Gasteiger partial charge >= 0.3 is 12.0 Å². The first-order chi connectivity index (χ1) is 12.6. The van der Waals surface area contributed by atoms with Gasteiger partial charge in [-0.25, -0.2) is 9.18 Å². The summed E-state index contributed by atoms with van der Waals surface area (Å²) in [4.78, 5) is 30.2. The van der Waals surface area contributed by atoms with Crippen molar-refractivity contribution >= 4 is 22.9 Å². The van der Waals surface area contributed by atoms with Gasteiger partial charge in [-0.05, 0) is 30.3 Å². The van der Waals surface area contributed by atoms with E-state index in [1.54, 1.807) is 36.4 Å². The van der Waals surface area contributed by atoms with Crippen LogP contribution >= 0.6 is 0 Å². The molecule has 1 amide bonds. The average Bonchev–Trinajstić information content (AvgIpc) is 3.13. The van der Waals surface area contributed by atoms with Crippen LogP contribution in [-0.4, -0.2) is 28.7 Å². The van der Waals surface area contributed by atoms with Crippen LogP contribution in [0.5, 0.6) is 5.75 Å². The van der Waals surface area contributed by atoms with Crippen molar-refractivity contribution in [3.05, 3.63) is 66.1 Å². The molecule has 1 atom stereocenters. The number of hydrogen-bond donors (Lipinski definition) is 0. The fourth-order valence-electron chi connectivity index (χ4n) is 3.24. The predicted octanol–water partition coefficient (Wildman–Crippen LogP) is 3.66. The highest BCUT2D eigenvalue weighted by Gasteiger charge is 2.40. The molecule has 2 aromatic carbocycles. The molecule has 3 aromatic rings. The van der Waals surface area contributed by atoms with Crippen molar-refractivity contribution in [2.45, 2.75) is 12.5 Å². The molecular weight excluding hydrogens is 339 g/mol. The van der Waals surface area contributed by atoms with Gasteiger partial charge < -0.3 is 4.74 Å². The first-order valence-corrected chi connectivity index (χ1v) is 8.03. The highest BCUT2D eigenvalue weighted by molar-refractivity contribution is 5.95. The largest absolute Gasteiger partial charge is 0.426 e. The van der Waals surface area contributed by atoms with Crippen LogP contribution in [-0.2, 0) is 9.63 Å². The number of ether oxygens (including phenoxy) is 1. The van der Waals surface area contributed by atoms with Gasteiger partial charge in [0.2, 0.25) is 0 Å². The molecule has 1 aliphatic rings. The third-order valence-corrected chi connectivity index (χ3v) is 4.36. The number of para-hydroxylation sites is 1. The summed E-state index contributed by atoms with van der Waals surface area (Å²) in [5.41, 5.74) is 0.924. The first-order valence-electron chi connectivity index (χ1n) is 8.03. The first kappa shape index (κ1) is 16.3. The maximum Gasteiger partial charge on any atom is 0.353 e. The molecular formula is C19H15FN2O4. The van der Waals surface area contributed by atoms with E-state index in [0.29, 0.717) is 22.3 Å². The molecule has 0 fully saturated rings. The number of halogens is 1. The highest BCUT2D eigenvalue weighted by atomic mass is 19.1. The molecule has 0 saturated heterocycles. The number of hydrogen-bond acceptors (Lipinski definition) is 4. The van der Waals surface area contributed by atoms with Crippen molar-refractivity contribution in [2.24, 2.45) is 0 Å². The Hall–Kier alpha value is -3.19. The summed E-state index contributed by atoms with van der Waals surface area (Å²) in [5, 5.41) is 1.43. The fourth-order valence-corrected chi connectivity index (χ4v) is 3.24. The second-order valence-corrected chi connectivity index (χ2v) is 5.88. The Kier molecular flexibility index (Phi) is 3.93. The van der Waals surface area contributed by atoms with Crippen LogP contribution in [0.1, 0.15) is 18.2 Å². The lowest BCUT2D eigenvalue weighted by Gasteiger charge is -2.20. The van der Waals surface area contributed by atoms with Crippen LogP contribution in [0.25, 0.3) is 10.9 Å². The number of nitrogens with zero attached hydrogens (tertiary/aromatic N) is 2. The van der Waals surface area contributed by atoms with Gasteiger partial charge in [0.1, 0.15) is 17.6 Å². The van der Waals surface area contributed by atoms with Gasteiger partial charge in [-0.1, -0.05) is 24.3 Å². The molecule has 1 unspecified atom stereocenters. The van der Waals surface area contributed by atoms with Crippen molar-refractivity contribution in [3.63, 3.8) is 0 Å². The lowest BCUT2D eigenvalue weighted by atomic mass is 10.1. The number of carbonyl (C=O) groups is 2. The summed E-state index contributed by atoms with van der Waals surface area (Å²) < 4.78 is 20.7. The van der Waals surface area contributed by atoms with E-state index < -0.39 is 23.9 Å². The molecule has 0 N–H and O–H groups in total. The van der Waals surface area contributed by atoms with Crippen LogP contribution in [0, 0.1) is 5.82 Å². The Morgan fingerprint density at radius 2 is 1.92 bits per heavy atom. The molecule has 6 nitrogen and oxygen atoms in total. The molecule has 0 radical (unpaired) electrons. The average molecular weight is 354 g/mol. The molecule has 0 saturated carbocycles. The number of amides is 1. The van der Waals surface area contributed by atoms with Crippen LogP contribution < -0.4 is 4.74 Å². The van der Waals surface area contributed by atoms with Crippen LogP contribution in [0.15, 0.2) is 54.6 Å². The summed E-state index contributed by atoms with van der Waals surface area (Å²) in [7, 11) is 1.35. The summed E-state index contributed by atoms with van der Waals surface area (Å²) >= 11 is 0. The summed E-state index contributed by atoms with van der Waals surface area (Å²) in [6.45, 7) is 0. The maximum absolute atomic E-state index is 14.1. The van der Waals surface area contributed by atoms with E-state index in [4.69, 9.17) is 9.57 Å². The SMILES string of the molecule is CON1C(=O)n2c(cc3c(F)cccc32)C1CC(=O)Oc1ccccc1. The van der Waals surface area contributed by atoms with E-state index >= 15 is 0 Å². The van der Waals surface area contributed by atoms with E-state index in [1.807, 2.05) is 6.07 Å². The zero-order valence-electron chi connectivity index (χ0n) is 13.9. The Morgan fingerprint density at radius 3 is 2.65 bits per heavy atom. The van der Waals surface area contributed by atoms with E-state index in [2.05, 4.69) is 0 Å². The lowest BCUT2D eigenvalue weighted by molar-refractivity contribution is -0.143. The summed E-state index contributed by atoms with van der Waals surface area (Å²) in [6, 6.07) is 13.6. The van der Waals surface area contributed by atoms with Crippen molar-refractivity contribution in [1.29, 1.82) is 0 Å². The second-order valence-electron chi connectivity index (χ2n) is 5.88. The zero-order valence-corrected chi connectivity index (χ0v) is 13.9. The minimum atomic E-state index is -0.699. The van der Waals surface area contributed by atoms with Gasteiger partial charge in [-0.3, -0.25) is 14.2 Å². The second kappa shape index (κ2) is 6.27. The normalized spacial score (nSPS) is 16.2. The van der Waals surface area contributed by atoms with Crippen LogP contribution in [0.4, 0.5) is 9.18 Å². The smallest absolute Gasteiger partial charge is 0.353 e. The van der Waals surface area contributed by atoms with Gasteiger partial charge in [0.05, 0.1) is 24.7 Å². The van der Waals surface area contributed by atoms with Crippen molar-refractivity contribution in [1.82, 2.24) is 9.63 Å². The molecule has 0 bridgehead atoms. The molecule has 2 heterocycles. The highest BCUT2D eigenvalue weighted by Crippen LogP contribution is 2.37. The molecule has 1 aromatic heterocycles. The van der Waals surface area contributed by atoms with E-state index in [-0.39, 0.29) is 6.42 Å². The van der Waals surface area contributed by atoms with Gasteiger partial charge in [-0.2, -0.15) is 5.06 Å². The van der Waals surface area contributed by atoms with Crippen molar-refractivity contribution in [2.75, 3.05) is 7.11 Å². The molecule has 26 heavy (non-hydrogen) atoms. The minimum absolute atomic E-state index is 0.119. The predicted molar refractivity (Wildman–Crippen MR) is 91.0 cm³/mol. The van der Waals surface area contributed by atoms with E-state index in [1.165, 1.54) is 23.8 Å². The van der Waals surface area contributed by atoms with Gasteiger partial charge in [0.25, 0.3) is 0 Å². The van der Waals surface area contributed by atoms with Crippen molar-refractivity contribution < 1.29 is 23.6 Å². The van der Waals surface area contributed by atoms with Gasteiger partial charge in [0, 0.05) is 5.39 Å². The van der Waals surface area contributed by atoms with E-state index in [0.717, 1.165) is 5.06 Å². The summed E-state index contributed by atoms with van der Waals surface area (Å²) in [6.07, 6.45) is -0.119. The summed E-state index contributed by atoms with van der Waals surface area (Å²) in [5.74, 6) is -0.528. The standard InChI is InChI=1S/C19H15FN2O4/c1-25-22-17(11-18(23)26-12-6-3-2-4-7-12)16-10-13-14(20)8-5-9-15(13)21(16)19(22)24/h2-10,17H,11H2,1H3. The zero-order chi connectivity index (χ0) is 18.3. The maximum atomic E-state index is 14.1. The molecule has 132 valence electrons. The Bertz CT molecular complexity index is 999. The Morgan fingerprint density at radius 1 is 1.15 bits per heavy atom. The number of benzene rings is 2. The van der Waals surface area contributed by atoms with Gasteiger partial charge in [-0.15, -0.1) is 0 Å². The van der Waals surface area contributed by atoms with Crippen molar-refractivity contribution in [3.8, 4) is 5.75 Å². The number of aromatic nitrogens is 1.